The zero-order valence-electron chi connectivity index (χ0n) is 10.8. The van der Waals surface area contributed by atoms with Crippen molar-refractivity contribution in [1.29, 1.82) is 0 Å². The molecule has 19 heavy (non-hydrogen) atoms. The number of hydrogen-bond acceptors (Lipinski definition) is 2. The lowest BCUT2D eigenvalue weighted by Crippen LogP contribution is -2.45. The van der Waals surface area contributed by atoms with Crippen molar-refractivity contribution in [3.63, 3.8) is 0 Å². The Morgan fingerprint density at radius 2 is 1.74 bits per heavy atom. The topological polar surface area (TPSA) is 29.5 Å². The predicted molar refractivity (Wildman–Crippen MR) is 69.4 cm³/mol. The summed E-state index contributed by atoms with van der Waals surface area (Å²) < 4.78 is 19.1. The first kappa shape index (κ1) is 12.6. The lowest BCUT2D eigenvalue weighted by Gasteiger charge is -2.34. The molecule has 0 aromatic heterocycles. The summed E-state index contributed by atoms with van der Waals surface area (Å²) in [5.74, 6) is -0.585. The Morgan fingerprint density at radius 1 is 1.11 bits per heavy atom. The smallest absolute Gasteiger partial charge is 0.257 e. The van der Waals surface area contributed by atoms with Crippen molar-refractivity contribution in [3.8, 4) is 0 Å². The molecule has 0 unspecified atom stereocenters. The van der Waals surface area contributed by atoms with Crippen molar-refractivity contribution in [2.75, 3.05) is 13.2 Å². The fourth-order valence-corrected chi connectivity index (χ4v) is 2.72. The van der Waals surface area contributed by atoms with Crippen LogP contribution in [0.4, 0.5) is 4.39 Å². The molecule has 0 N–H and O–H groups in total. The van der Waals surface area contributed by atoms with Crippen LogP contribution in [0.25, 0.3) is 0 Å². The van der Waals surface area contributed by atoms with Crippen LogP contribution < -0.4 is 0 Å². The lowest BCUT2D eigenvalue weighted by molar-refractivity contribution is 0.0264. The Labute approximate surface area is 112 Å². The highest BCUT2D eigenvalue weighted by molar-refractivity contribution is 5.95. The van der Waals surface area contributed by atoms with Gasteiger partial charge < -0.3 is 9.64 Å². The molecule has 3 nitrogen and oxygen atoms in total. The van der Waals surface area contributed by atoms with Gasteiger partial charge in [0.25, 0.3) is 5.91 Å². The van der Waals surface area contributed by atoms with Gasteiger partial charge in [-0.15, -0.1) is 0 Å². The van der Waals surface area contributed by atoms with Crippen LogP contribution in [0.3, 0.4) is 0 Å². The van der Waals surface area contributed by atoms with Crippen LogP contribution in [0, 0.1) is 5.82 Å². The number of carbonyl (C=O) groups excluding carboxylic acids is 1. The van der Waals surface area contributed by atoms with Crippen LogP contribution in [0.2, 0.25) is 0 Å². The SMILES string of the molecule is O=C(c1ccccc1F)N(C1CCOCC1)C1CC1. The standard InChI is InChI=1S/C15H18FNO2/c16-14-4-2-1-3-13(14)15(18)17(11-5-6-11)12-7-9-19-10-8-12/h1-4,11-12H,5-10H2. The molecule has 2 aliphatic rings. The van der Waals surface area contributed by atoms with Gasteiger partial charge in [0.05, 0.1) is 5.56 Å². The first-order chi connectivity index (χ1) is 9.27. The fourth-order valence-electron chi connectivity index (χ4n) is 2.72. The molecule has 1 saturated carbocycles. The molecule has 0 bridgehead atoms. The van der Waals surface area contributed by atoms with Gasteiger partial charge in [0, 0.05) is 25.3 Å². The van der Waals surface area contributed by atoms with Gasteiger partial charge in [0.15, 0.2) is 0 Å². The minimum Gasteiger partial charge on any atom is -0.381 e. The van der Waals surface area contributed by atoms with Crippen molar-refractivity contribution in [2.24, 2.45) is 0 Å². The number of halogens is 1. The molecule has 1 aromatic carbocycles. The van der Waals surface area contributed by atoms with E-state index in [1.807, 2.05) is 4.90 Å². The van der Waals surface area contributed by atoms with Crippen LogP contribution in [0.5, 0.6) is 0 Å². The number of hydrogen-bond donors (Lipinski definition) is 0. The van der Waals surface area contributed by atoms with Crippen LogP contribution in [-0.2, 0) is 4.74 Å². The summed E-state index contributed by atoms with van der Waals surface area (Å²) in [6.45, 7) is 1.39. The highest BCUT2D eigenvalue weighted by Gasteiger charge is 2.38. The molecule has 1 aliphatic carbocycles. The van der Waals surface area contributed by atoms with Crippen LogP contribution in [0.1, 0.15) is 36.0 Å². The van der Waals surface area contributed by atoms with E-state index in [1.54, 1.807) is 18.2 Å². The van der Waals surface area contributed by atoms with E-state index in [-0.39, 0.29) is 17.5 Å². The van der Waals surface area contributed by atoms with E-state index in [0.717, 1.165) is 25.7 Å². The molecule has 0 atom stereocenters. The molecule has 1 aromatic rings. The molecule has 102 valence electrons. The molecule has 4 heteroatoms. The summed E-state index contributed by atoms with van der Waals surface area (Å²) in [6, 6.07) is 6.76. The normalized spacial score (nSPS) is 20.3. The van der Waals surface area contributed by atoms with Gasteiger partial charge in [-0.2, -0.15) is 0 Å². The highest BCUT2D eigenvalue weighted by atomic mass is 19.1. The number of rotatable bonds is 3. The third kappa shape index (κ3) is 2.63. The molecule has 1 amide bonds. The van der Waals surface area contributed by atoms with E-state index < -0.39 is 5.82 Å². The Hall–Kier alpha value is -1.42. The largest absolute Gasteiger partial charge is 0.381 e. The molecule has 1 saturated heterocycles. The van der Waals surface area contributed by atoms with Gasteiger partial charge in [0.2, 0.25) is 0 Å². The molecule has 3 rings (SSSR count). The van der Waals surface area contributed by atoms with E-state index in [9.17, 15) is 9.18 Å². The van der Waals surface area contributed by atoms with Crippen molar-refractivity contribution >= 4 is 5.91 Å². The second-order valence-electron chi connectivity index (χ2n) is 5.27. The third-order valence-corrected chi connectivity index (χ3v) is 3.86. The van der Waals surface area contributed by atoms with Crippen LogP contribution >= 0.6 is 0 Å². The molecule has 1 aliphatic heterocycles. The predicted octanol–water partition coefficient (Wildman–Crippen LogP) is 2.61. The van der Waals surface area contributed by atoms with Crippen molar-refractivity contribution in [2.45, 2.75) is 37.8 Å². The number of amides is 1. The van der Waals surface area contributed by atoms with E-state index in [2.05, 4.69) is 0 Å². The number of carbonyl (C=O) groups is 1. The van der Waals surface area contributed by atoms with E-state index >= 15 is 0 Å². The fraction of sp³-hybridized carbons (Fsp3) is 0.533. The second kappa shape index (κ2) is 5.29. The maximum absolute atomic E-state index is 13.8. The second-order valence-corrected chi connectivity index (χ2v) is 5.27. The molecule has 1 heterocycles. The Morgan fingerprint density at radius 3 is 2.37 bits per heavy atom. The molecule has 0 radical (unpaired) electrons. The minimum atomic E-state index is -0.426. The molecule has 2 fully saturated rings. The summed E-state index contributed by atoms with van der Waals surface area (Å²) in [6.07, 6.45) is 3.79. The van der Waals surface area contributed by atoms with Gasteiger partial charge >= 0.3 is 0 Å². The van der Waals surface area contributed by atoms with Crippen LogP contribution in [-0.4, -0.2) is 36.1 Å². The van der Waals surface area contributed by atoms with Crippen molar-refractivity contribution in [1.82, 2.24) is 4.90 Å². The Bertz CT molecular complexity index is 467. The zero-order valence-corrected chi connectivity index (χ0v) is 10.8. The summed E-state index contributed by atoms with van der Waals surface area (Å²) in [5.41, 5.74) is 0.195. The van der Waals surface area contributed by atoms with Gasteiger partial charge in [-0.1, -0.05) is 12.1 Å². The maximum Gasteiger partial charge on any atom is 0.257 e. The third-order valence-electron chi connectivity index (χ3n) is 3.86. The summed E-state index contributed by atoms with van der Waals surface area (Å²) in [5, 5.41) is 0. The zero-order chi connectivity index (χ0) is 13.2. The van der Waals surface area contributed by atoms with E-state index in [1.165, 1.54) is 6.07 Å². The van der Waals surface area contributed by atoms with Gasteiger partial charge in [0.1, 0.15) is 5.82 Å². The number of benzene rings is 1. The maximum atomic E-state index is 13.8. The summed E-state index contributed by atoms with van der Waals surface area (Å²) in [7, 11) is 0. The first-order valence-corrected chi connectivity index (χ1v) is 6.92. The van der Waals surface area contributed by atoms with Crippen molar-refractivity contribution in [3.05, 3.63) is 35.6 Å². The van der Waals surface area contributed by atoms with Gasteiger partial charge in [-0.05, 0) is 37.8 Å². The summed E-state index contributed by atoms with van der Waals surface area (Å²) in [4.78, 5) is 14.5. The average molecular weight is 263 g/mol. The molecule has 0 spiro atoms. The Balaban J connectivity index is 1.83. The van der Waals surface area contributed by atoms with Crippen LogP contribution in [0.15, 0.2) is 24.3 Å². The van der Waals surface area contributed by atoms with E-state index in [4.69, 9.17) is 4.74 Å². The average Bonchev–Trinajstić information content (AvgIpc) is 3.25. The molecular weight excluding hydrogens is 245 g/mol. The minimum absolute atomic E-state index is 0.160. The number of ether oxygens (including phenoxy) is 1. The highest BCUT2D eigenvalue weighted by Crippen LogP contribution is 2.33. The van der Waals surface area contributed by atoms with E-state index in [0.29, 0.717) is 19.3 Å². The molecular formula is C15H18FNO2. The lowest BCUT2D eigenvalue weighted by atomic mass is 10.0. The van der Waals surface area contributed by atoms with Gasteiger partial charge in [-0.3, -0.25) is 4.79 Å². The van der Waals surface area contributed by atoms with Crippen molar-refractivity contribution < 1.29 is 13.9 Å². The first-order valence-electron chi connectivity index (χ1n) is 6.92. The Kier molecular flexibility index (Phi) is 3.51. The number of nitrogens with zero attached hydrogens (tertiary/aromatic N) is 1. The van der Waals surface area contributed by atoms with Gasteiger partial charge in [-0.25, -0.2) is 4.39 Å². The quantitative estimate of drug-likeness (QED) is 0.839. The monoisotopic (exact) mass is 263 g/mol. The summed E-state index contributed by atoms with van der Waals surface area (Å²) >= 11 is 0.